The molecule has 0 unspecified atom stereocenters. The molecule has 0 atom stereocenters. The van der Waals surface area contributed by atoms with Crippen LogP contribution in [0.4, 0.5) is 20.7 Å². The van der Waals surface area contributed by atoms with Crippen molar-refractivity contribution in [1.82, 2.24) is 24.5 Å². The second kappa shape index (κ2) is 8.93. The van der Waals surface area contributed by atoms with Crippen LogP contribution in [-0.2, 0) is 4.74 Å². The summed E-state index contributed by atoms with van der Waals surface area (Å²) < 4.78 is 34.6. The molecule has 0 bridgehead atoms. The van der Waals surface area contributed by atoms with E-state index in [4.69, 9.17) is 4.74 Å². The number of rotatable bonds is 5. The van der Waals surface area contributed by atoms with Crippen molar-refractivity contribution < 1.29 is 13.5 Å². The van der Waals surface area contributed by atoms with Gasteiger partial charge in [-0.1, -0.05) is 19.1 Å². The summed E-state index contributed by atoms with van der Waals surface area (Å²) in [7, 11) is 0. The van der Waals surface area contributed by atoms with E-state index < -0.39 is 6.43 Å². The first-order chi connectivity index (χ1) is 15.6. The number of anilines is 2. The lowest BCUT2D eigenvalue weighted by Gasteiger charge is -2.29. The summed E-state index contributed by atoms with van der Waals surface area (Å²) in [4.78, 5) is 20.0. The van der Waals surface area contributed by atoms with Crippen LogP contribution in [0.1, 0.15) is 44.9 Å². The van der Waals surface area contributed by atoms with Crippen molar-refractivity contribution in [3.8, 4) is 5.95 Å². The molecule has 1 saturated carbocycles. The molecule has 10 heteroatoms. The number of morpholine rings is 1. The predicted octanol–water partition coefficient (Wildman–Crippen LogP) is 3.98. The number of benzene rings is 1. The third kappa shape index (κ3) is 4.23. The lowest BCUT2D eigenvalue weighted by Crippen LogP contribution is -2.38. The Kier molecular flexibility index (Phi) is 5.86. The van der Waals surface area contributed by atoms with E-state index in [2.05, 4.69) is 32.2 Å². The molecule has 32 heavy (non-hydrogen) atoms. The smallest absolute Gasteiger partial charge is 0.296 e. The molecule has 1 aliphatic carbocycles. The topological polar surface area (TPSA) is 81.0 Å². The van der Waals surface area contributed by atoms with Crippen molar-refractivity contribution in [2.24, 2.45) is 5.92 Å². The van der Waals surface area contributed by atoms with Crippen LogP contribution in [0.15, 0.2) is 24.3 Å². The number of imidazole rings is 1. The van der Waals surface area contributed by atoms with Gasteiger partial charge in [-0.3, -0.25) is 4.57 Å². The number of halogens is 2. The fourth-order valence-corrected chi connectivity index (χ4v) is 4.41. The maximum absolute atomic E-state index is 13.9. The molecule has 0 spiro atoms. The number of para-hydroxylation sites is 2. The van der Waals surface area contributed by atoms with Crippen LogP contribution in [0.3, 0.4) is 0 Å². The first-order valence-corrected chi connectivity index (χ1v) is 11.2. The molecular weight excluding hydrogens is 416 g/mol. The Hall–Kier alpha value is -2.88. The molecule has 2 aromatic heterocycles. The molecule has 0 amide bonds. The van der Waals surface area contributed by atoms with E-state index in [1.54, 1.807) is 24.3 Å². The molecule has 170 valence electrons. The first kappa shape index (κ1) is 21.0. The van der Waals surface area contributed by atoms with Crippen LogP contribution in [0.2, 0.25) is 0 Å². The lowest BCUT2D eigenvalue weighted by molar-refractivity contribution is 0.122. The van der Waals surface area contributed by atoms with Gasteiger partial charge in [0.25, 0.3) is 6.43 Å². The van der Waals surface area contributed by atoms with Crippen LogP contribution in [0.25, 0.3) is 17.0 Å². The van der Waals surface area contributed by atoms with Crippen molar-refractivity contribution in [3.05, 3.63) is 30.1 Å². The Labute approximate surface area is 185 Å². The molecule has 8 nitrogen and oxygen atoms in total. The van der Waals surface area contributed by atoms with E-state index >= 15 is 0 Å². The lowest BCUT2D eigenvalue weighted by atomic mass is 9.87. The number of ether oxygens (including phenoxy) is 1. The number of hydrogen-bond acceptors (Lipinski definition) is 7. The zero-order valence-electron chi connectivity index (χ0n) is 18.0. The quantitative estimate of drug-likeness (QED) is 0.639. The highest BCUT2D eigenvalue weighted by molar-refractivity contribution is 5.77. The van der Waals surface area contributed by atoms with Crippen molar-refractivity contribution in [2.45, 2.75) is 45.1 Å². The van der Waals surface area contributed by atoms with E-state index in [0.29, 0.717) is 49.2 Å². The second-order valence-electron chi connectivity index (χ2n) is 8.55. The second-order valence-corrected chi connectivity index (χ2v) is 8.55. The standard InChI is InChI=1S/C22H27F2N7O/c1-14-6-8-15(9-7-14)25-20-27-21(30-10-12-32-13-11-30)29-22(28-20)31-17-5-3-2-4-16(17)26-19(31)18(23)24/h2-5,14-15,18H,6-13H2,1H3,(H,25,27,28,29). The van der Waals surface area contributed by atoms with Gasteiger partial charge in [0.05, 0.1) is 24.2 Å². The molecular formula is C22H27F2N7O. The molecule has 0 radical (unpaired) electrons. The van der Waals surface area contributed by atoms with Gasteiger partial charge in [-0.05, 0) is 43.7 Å². The SMILES string of the molecule is CC1CCC(Nc2nc(N3CCOCC3)nc(-n3c(C(F)F)nc4ccccc43)n2)CC1. The molecule has 1 N–H and O–H groups in total. The third-order valence-electron chi connectivity index (χ3n) is 6.24. The van der Waals surface area contributed by atoms with Crippen molar-refractivity contribution >= 4 is 22.9 Å². The van der Waals surface area contributed by atoms with Crippen LogP contribution in [-0.4, -0.2) is 56.8 Å². The molecule has 2 aliphatic rings. The normalized spacial score (nSPS) is 21.9. The van der Waals surface area contributed by atoms with Crippen LogP contribution in [0.5, 0.6) is 0 Å². The van der Waals surface area contributed by atoms with Crippen molar-refractivity contribution in [2.75, 3.05) is 36.5 Å². The van der Waals surface area contributed by atoms with Crippen molar-refractivity contribution in [1.29, 1.82) is 0 Å². The van der Waals surface area contributed by atoms with Gasteiger partial charge in [0.2, 0.25) is 17.8 Å². The Balaban J connectivity index is 1.58. The largest absolute Gasteiger partial charge is 0.378 e. The van der Waals surface area contributed by atoms with Crippen LogP contribution < -0.4 is 10.2 Å². The summed E-state index contributed by atoms with van der Waals surface area (Å²) in [5, 5.41) is 3.44. The van der Waals surface area contributed by atoms with Gasteiger partial charge in [0.1, 0.15) is 0 Å². The monoisotopic (exact) mass is 443 g/mol. The zero-order chi connectivity index (χ0) is 22.1. The number of nitrogens with zero attached hydrogens (tertiary/aromatic N) is 6. The summed E-state index contributed by atoms with van der Waals surface area (Å²) in [6, 6.07) is 7.29. The van der Waals surface area contributed by atoms with Gasteiger partial charge < -0.3 is 15.0 Å². The molecule has 1 saturated heterocycles. The van der Waals surface area contributed by atoms with Gasteiger partial charge in [0.15, 0.2) is 5.82 Å². The van der Waals surface area contributed by atoms with Gasteiger partial charge in [-0.25, -0.2) is 13.8 Å². The minimum Gasteiger partial charge on any atom is -0.378 e. The summed E-state index contributed by atoms with van der Waals surface area (Å²) in [5.74, 6) is 1.37. The highest BCUT2D eigenvalue weighted by atomic mass is 19.3. The molecule has 5 rings (SSSR count). The zero-order valence-corrected chi connectivity index (χ0v) is 18.0. The van der Waals surface area contributed by atoms with E-state index in [1.807, 2.05) is 4.90 Å². The minimum absolute atomic E-state index is 0.150. The summed E-state index contributed by atoms with van der Waals surface area (Å²) in [6.07, 6.45) is 1.60. The third-order valence-corrected chi connectivity index (χ3v) is 6.24. The van der Waals surface area contributed by atoms with Crippen LogP contribution >= 0.6 is 0 Å². The number of alkyl halides is 2. The highest BCUT2D eigenvalue weighted by Crippen LogP contribution is 2.29. The maximum atomic E-state index is 13.9. The molecule has 1 aromatic carbocycles. The minimum atomic E-state index is -2.76. The molecule has 3 aromatic rings. The first-order valence-electron chi connectivity index (χ1n) is 11.2. The Morgan fingerprint density at radius 2 is 1.69 bits per heavy atom. The average Bonchev–Trinajstić information content (AvgIpc) is 3.21. The molecule has 3 heterocycles. The van der Waals surface area contributed by atoms with Gasteiger partial charge >= 0.3 is 0 Å². The van der Waals surface area contributed by atoms with Gasteiger partial charge in [-0.2, -0.15) is 15.0 Å². The summed E-state index contributed by atoms with van der Waals surface area (Å²) in [6.45, 7) is 4.68. The number of fused-ring (bicyclic) bond motifs is 1. The van der Waals surface area contributed by atoms with Crippen LogP contribution in [0, 0.1) is 5.92 Å². The Bertz CT molecular complexity index is 1080. The van der Waals surface area contributed by atoms with Gasteiger partial charge in [0, 0.05) is 19.1 Å². The Morgan fingerprint density at radius 3 is 2.44 bits per heavy atom. The van der Waals surface area contributed by atoms with Gasteiger partial charge in [-0.15, -0.1) is 0 Å². The average molecular weight is 444 g/mol. The van der Waals surface area contributed by atoms with E-state index in [-0.39, 0.29) is 17.8 Å². The molecule has 2 fully saturated rings. The number of aromatic nitrogens is 5. The maximum Gasteiger partial charge on any atom is 0.296 e. The number of nitrogens with one attached hydrogen (secondary N) is 1. The fourth-order valence-electron chi connectivity index (χ4n) is 4.41. The summed E-state index contributed by atoms with van der Waals surface area (Å²) in [5.41, 5.74) is 1.02. The van der Waals surface area contributed by atoms with E-state index in [9.17, 15) is 8.78 Å². The van der Waals surface area contributed by atoms with E-state index in [1.165, 1.54) is 4.57 Å². The van der Waals surface area contributed by atoms with Crippen molar-refractivity contribution in [3.63, 3.8) is 0 Å². The highest BCUT2D eigenvalue weighted by Gasteiger charge is 2.25. The fraction of sp³-hybridized carbons (Fsp3) is 0.545. The Morgan fingerprint density at radius 1 is 0.969 bits per heavy atom. The van der Waals surface area contributed by atoms with E-state index in [0.717, 1.165) is 31.6 Å². The molecule has 1 aliphatic heterocycles. The number of hydrogen-bond donors (Lipinski definition) is 1. The summed E-state index contributed by atoms with van der Waals surface area (Å²) >= 11 is 0. The predicted molar refractivity (Wildman–Crippen MR) is 117 cm³/mol.